The molecule has 0 aliphatic heterocycles. The molecular weight excluding hydrogens is 450 g/mol. The number of imidazole rings is 1. The van der Waals surface area contributed by atoms with Gasteiger partial charge in [-0.2, -0.15) is 0 Å². The molecule has 37 heavy (non-hydrogen) atoms. The third-order valence-electron chi connectivity index (χ3n) is 7.26. The molecule has 0 fully saturated rings. The third-order valence-corrected chi connectivity index (χ3v) is 7.26. The zero-order chi connectivity index (χ0) is 25.6. The molecule has 0 amide bonds. The summed E-state index contributed by atoms with van der Waals surface area (Å²) in [6, 6.07) is 32.8. The molecule has 3 nitrogen and oxygen atoms in total. The van der Waals surface area contributed by atoms with Crippen molar-refractivity contribution in [2.45, 2.75) is 59.8 Å². The lowest BCUT2D eigenvalue weighted by Gasteiger charge is -2.25. The van der Waals surface area contributed by atoms with E-state index in [2.05, 4.69) is 127 Å². The molecule has 4 aromatic carbocycles. The van der Waals surface area contributed by atoms with Crippen LogP contribution < -0.4 is 0 Å². The summed E-state index contributed by atoms with van der Waals surface area (Å²) in [5.41, 5.74) is 7.87. The molecule has 0 radical (unpaired) electrons. The summed E-state index contributed by atoms with van der Waals surface area (Å²) >= 11 is 0. The van der Waals surface area contributed by atoms with Gasteiger partial charge in [-0.25, -0.2) is 4.98 Å². The average molecular weight is 488 g/mol. The van der Waals surface area contributed by atoms with Gasteiger partial charge in [-0.15, -0.1) is 0 Å². The molecule has 188 valence electrons. The van der Waals surface area contributed by atoms with Crippen LogP contribution in [-0.4, -0.2) is 14.5 Å². The summed E-state index contributed by atoms with van der Waals surface area (Å²) in [7, 11) is 0. The van der Waals surface area contributed by atoms with Gasteiger partial charge in [0.1, 0.15) is 5.82 Å². The Morgan fingerprint density at radius 3 is 2.32 bits per heavy atom. The van der Waals surface area contributed by atoms with Gasteiger partial charge in [0, 0.05) is 31.7 Å². The number of fused-ring (bicyclic) bond motifs is 1. The standard InChI is InChI=1S/C34H37N3/c1-4-5-20-37-32(22-35-34(37)29-13-7-6-8-14-29)25-36(23-30-19-18-26(2)21-27(30)3)24-31-16-11-15-28-12-9-10-17-33(28)31/h6-19,21-22H,4-5,20,23-25H2,1-3H3. The molecule has 5 aromatic rings. The van der Waals surface area contributed by atoms with Gasteiger partial charge in [0.25, 0.3) is 0 Å². The van der Waals surface area contributed by atoms with E-state index in [9.17, 15) is 0 Å². The molecule has 0 unspecified atom stereocenters. The molecule has 0 bridgehead atoms. The van der Waals surface area contributed by atoms with Crippen LogP contribution in [-0.2, 0) is 26.2 Å². The van der Waals surface area contributed by atoms with Crippen molar-refractivity contribution in [1.82, 2.24) is 14.5 Å². The van der Waals surface area contributed by atoms with E-state index in [1.54, 1.807) is 0 Å². The second-order valence-electron chi connectivity index (χ2n) is 10.2. The molecule has 0 saturated heterocycles. The summed E-state index contributed by atoms with van der Waals surface area (Å²) in [5.74, 6) is 1.07. The van der Waals surface area contributed by atoms with E-state index in [1.165, 1.54) is 44.3 Å². The molecular formula is C34H37N3. The number of aromatic nitrogens is 2. The van der Waals surface area contributed by atoms with Crippen LogP contribution in [0.2, 0.25) is 0 Å². The lowest BCUT2D eigenvalue weighted by Crippen LogP contribution is -2.24. The zero-order valence-corrected chi connectivity index (χ0v) is 22.3. The van der Waals surface area contributed by atoms with E-state index in [4.69, 9.17) is 4.98 Å². The molecule has 0 saturated carbocycles. The maximum atomic E-state index is 4.92. The van der Waals surface area contributed by atoms with Gasteiger partial charge in [-0.05, 0) is 47.7 Å². The Balaban J connectivity index is 1.51. The fourth-order valence-corrected chi connectivity index (χ4v) is 5.25. The monoisotopic (exact) mass is 487 g/mol. The van der Waals surface area contributed by atoms with Crippen molar-refractivity contribution in [2.75, 3.05) is 0 Å². The summed E-state index contributed by atoms with van der Waals surface area (Å²) in [6.07, 6.45) is 4.40. The minimum absolute atomic E-state index is 0.847. The van der Waals surface area contributed by atoms with Crippen molar-refractivity contribution in [2.24, 2.45) is 0 Å². The largest absolute Gasteiger partial charge is 0.327 e. The molecule has 0 aliphatic carbocycles. The van der Waals surface area contributed by atoms with Crippen molar-refractivity contribution < 1.29 is 0 Å². The summed E-state index contributed by atoms with van der Waals surface area (Å²) < 4.78 is 2.44. The average Bonchev–Trinajstić information content (AvgIpc) is 3.31. The normalized spacial score (nSPS) is 11.5. The Morgan fingerprint density at radius 1 is 0.757 bits per heavy atom. The minimum Gasteiger partial charge on any atom is -0.327 e. The first-order valence-electron chi connectivity index (χ1n) is 13.5. The van der Waals surface area contributed by atoms with Crippen LogP contribution in [0.5, 0.6) is 0 Å². The van der Waals surface area contributed by atoms with Crippen LogP contribution in [0.25, 0.3) is 22.2 Å². The van der Waals surface area contributed by atoms with E-state index in [-0.39, 0.29) is 0 Å². The van der Waals surface area contributed by atoms with Crippen LogP contribution in [0.4, 0.5) is 0 Å². The lowest BCUT2D eigenvalue weighted by atomic mass is 10.0. The van der Waals surface area contributed by atoms with E-state index in [0.717, 1.165) is 44.8 Å². The molecule has 1 aromatic heterocycles. The first-order chi connectivity index (χ1) is 18.1. The maximum Gasteiger partial charge on any atom is 0.140 e. The minimum atomic E-state index is 0.847. The number of benzene rings is 4. The number of hydrogen-bond acceptors (Lipinski definition) is 2. The molecule has 1 heterocycles. The Bertz CT molecular complexity index is 1460. The van der Waals surface area contributed by atoms with Crippen molar-refractivity contribution in [1.29, 1.82) is 0 Å². The zero-order valence-electron chi connectivity index (χ0n) is 22.3. The van der Waals surface area contributed by atoms with Gasteiger partial charge in [0.2, 0.25) is 0 Å². The number of rotatable bonds is 10. The fourth-order valence-electron chi connectivity index (χ4n) is 5.25. The molecule has 5 rings (SSSR count). The SMILES string of the molecule is CCCCn1c(CN(Cc2ccc(C)cc2C)Cc2cccc3ccccc23)cnc1-c1ccccc1. The smallest absolute Gasteiger partial charge is 0.140 e. The summed E-state index contributed by atoms with van der Waals surface area (Å²) in [6.45, 7) is 10.3. The van der Waals surface area contributed by atoms with Crippen molar-refractivity contribution in [3.63, 3.8) is 0 Å². The van der Waals surface area contributed by atoms with Crippen LogP contribution in [0.1, 0.15) is 47.7 Å². The second kappa shape index (κ2) is 11.6. The van der Waals surface area contributed by atoms with Gasteiger partial charge >= 0.3 is 0 Å². The van der Waals surface area contributed by atoms with Gasteiger partial charge in [0.15, 0.2) is 0 Å². The maximum absolute atomic E-state index is 4.92. The van der Waals surface area contributed by atoms with Gasteiger partial charge in [-0.1, -0.05) is 110 Å². The summed E-state index contributed by atoms with van der Waals surface area (Å²) in [5, 5.41) is 2.63. The quantitative estimate of drug-likeness (QED) is 0.197. The Labute approximate surface area is 221 Å². The van der Waals surface area contributed by atoms with Crippen LogP contribution in [0.15, 0.2) is 97.2 Å². The first kappa shape index (κ1) is 25.0. The van der Waals surface area contributed by atoms with Gasteiger partial charge in [-0.3, -0.25) is 4.90 Å². The highest BCUT2D eigenvalue weighted by Crippen LogP contribution is 2.25. The van der Waals surface area contributed by atoms with Crippen molar-refractivity contribution >= 4 is 10.8 Å². The first-order valence-corrected chi connectivity index (χ1v) is 13.5. The molecule has 0 atom stereocenters. The van der Waals surface area contributed by atoms with E-state index in [1.807, 2.05) is 0 Å². The topological polar surface area (TPSA) is 21.1 Å². The number of nitrogens with zero attached hydrogens (tertiary/aromatic N) is 3. The van der Waals surface area contributed by atoms with Gasteiger partial charge in [0.05, 0.1) is 11.9 Å². The highest BCUT2D eigenvalue weighted by Gasteiger charge is 2.17. The van der Waals surface area contributed by atoms with E-state index >= 15 is 0 Å². The predicted molar refractivity (Wildman–Crippen MR) is 155 cm³/mol. The van der Waals surface area contributed by atoms with Crippen LogP contribution in [0, 0.1) is 13.8 Å². The van der Waals surface area contributed by atoms with Crippen LogP contribution >= 0.6 is 0 Å². The van der Waals surface area contributed by atoms with Crippen LogP contribution in [0.3, 0.4) is 0 Å². The highest BCUT2D eigenvalue weighted by molar-refractivity contribution is 5.85. The Morgan fingerprint density at radius 2 is 1.51 bits per heavy atom. The second-order valence-corrected chi connectivity index (χ2v) is 10.2. The van der Waals surface area contributed by atoms with Gasteiger partial charge < -0.3 is 4.57 Å². The number of hydrogen-bond donors (Lipinski definition) is 0. The summed E-state index contributed by atoms with van der Waals surface area (Å²) in [4.78, 5) is 7.50. The third kappa shape index (κ3) is 5.84. The Kier molecular flexibility index (Phi) is 7.82. The highest BCUT2D eigenvalue weighted by atomic mass is 15.2. The Hall–Kier alpha value is -3.69. The fraction of sp³-hybridized carbons (Fsp3) is 0.265. The van der Waals surface area contributed by atoms with Crippen molar-refractivity contribution in [3.05, 3.63) is 125 Å². The van der Waals surface area contributed by atoms with Crippen molar-refractivity contribution in [3.8, 4) is 11.4 Å². The predicted octanol–water partition coefficient (Wildman–Crippen LogP) is 8.32. The van der Waals surface area contributed by atoms with E-state index < -0.39 is 0 Å². The number of unbranched alkanes of at least 4 members (excludes halogenated alkanes) is 1. The number of aryl methyl sites for hydroxylation is 2. The molecule has 0 aliphatic rings. The molecule has 0 spiro atoms. The molecule has 3 heteroatoms. The lowest BCUT2D eigenvalue weighted by molar-refractivity contribution is 0.241. The van der Waals surface area contributed by atoms with E-state index in [0.29, 0.717) is 0 Å². The molecule has 0 N–H and O–H groups in total.